The zero-order valence-electron chi connectivity index (χ0n) is 52.8. The van der Waals surface area contributed by atoms with Crippen molar-refractivity contribution in [1.82, 2.24) is 0 Å². The van der Waals surface area contributed by atoms with Gasteiger partial charge >= 0.3 is 0 Å². The van der Waals surface area contributed by atoms with Gasteiger partial charge in [0.1, 0.15) is 0 Å². The lowest BCUT2D eigenvalue weighted by Gasteiger charge is -2.26. The predicted molar refractivity (Wildman–Crippen MR) is 413 cm³/mol. The number of rotatable bonds is 14. The highest BCUT2D eigenvalue weighted by atomic mass is 15.1. The van der Waals surface area contributed by atoms with Gasteiger partial charge in [0.05, 0.1) is 0 Å². The van der Waals surface area contributed by atoms with Crippen molar-refractivity contribution in [3.05, 3.63) is 386 Å². The Morgan fingerprint density at radius 3 is 0.792 bits per heavy atom. The van der Waals surface area contributed by atoms with Crippen LogP contribution in [0.4, 0.5) is 34.1 Å². The highest BCUT2D eigenvalue weighted by Crippen LogP contribution is 2.46. The number of para-hydroxylation sites is 2. The van der Waals surface area contributed by atoms with Crippen LogP contribution in [0.1, 0.15) is 22.3 Å². The van der Waals surface area contributed by atoms with Crippen molar-refractivity contribution >= 4 is 123 Å². The minimum Gasteiger partial charge on any atom is -0.311 e. The normalized spacial score (nSPS) is 11.7. The Morgan fingerprint density at radius 1 is 0.156 bits per heavy atom. The lowest BCUT2D eigenvalue weighted by molar-refractivity contribution is 1.28. The molecule has 17 rings (SSSR count). The van der Waals surface area contributed by atoms with Crippen molar-refractivity contribution in [3.8, 4) is 44.5 Å². The smallest absolute Gasteiger partial charge is 0.0462 e. The standard InChI is InChI=1S/C94H64N2/c1-5-17-65(18-6-1)29-31-67-33-47-77(48-34-67)95(75-23-9-3-10-24-75)79-51-41-72(42-52-79)84-58-59-85(93-90(84)64-62-87-81-27-15-13-21-69(81)45-55-91(87)93)73-39-37-71(38-40-73)83-57-60-86(94-89(83)63-61-88-82-28-16-14-22-70(82)46-56-92(88)94)74-43-53-80(54-44-74)96(76-25-11-4-12-26-76)78-49-35-68(36-50-78)32-30-66-19-7-2-8-20-66/h1-64H/b31-29+,32-30+. The molecule has 2 nitrogen and oxygen atoms in total. The van der Waals surface area contributed by atoms with Crippen molar-refractivity contribution in [2.75, 3.05) is 9.80 Å². The molecule has 0 amide bonds. The zero-order valence-corrected chi connectivity index (χ0v) is 52.8. The van der Waals surface area contributed by atoms with E-state index in [1.54, 1.807) is 0 Å². The van der Waals surface area contributed by atoms with E-state index in [1.807, 2.05) is 0 Å². The molecule has 0 bridgehead atoms. The third-order valence-corrected chi connectivity index (χ3v) is 19.1. The molecule has 0 saturated carbocycles. The zero-order chi connectivity index (χ0) is 63.7. The van der Waals surface area contributed by atoms with Crippen LogP contribution < -0.4 is 9.80 Å². The molecule has 2 heteroatoms. The highest BCUT2D eigenvalue weighted by molar-refractivity contribution is 6.25. The van der Waals surface area contributed by atoms with Crippen LogP contribution in [-0.4, -0.2) is 0 Å². The van der Waals surface area contributed by atoms with Crippen LogP contribution >= 0.6 is 0 Å². The third kappa shape index (κ3) is 10.9. The van der Waals surface area contributed by atoms with Gasteiger partial charge in [-0.25, -0.2) is 0 Å². The van der Waals surface area contributed by atoms with Gasteiger partial charge in [-0.2, -0.15) is 0 Å². The molecule has 0 N–H and O–H groups in total. The van der Waals surface area contributed by atoms with Crippen LogP contribution in [0.2, 0.25) is 0 Å². The fourth-order valence-electron chi connectivity index (χ4n) is 14.3. The average Bonchev–Trinajstić information content (AvgIpc) is 0.744. The van der Waals surface area contributed by atoms with E-state index >= 15 is 0 Å². The topological polar surface area (TPSA) is 6.48 Å². The summed E-state index contributed by atoms with van der Waals surface area (Å²) in [6.07, 6.45) is 8.68. The van der Waals surface area contributed by atoms with Gasteiger partial charge in [-0.05, 0) is 204 Å². The molecule has 0 saturated heterocycles. The second-order valence-electron chi connectivity index (χ2n) is 24.7. The maximum atomic E-state index is 2.36. The maximum Gasteiger partial charge on any atom is 0.0462 e. The predicted octanol–water partition coefficient (Wildman–Crippen LogP) is 26.6. The first-order valence-electron chi connectivity index (χ1n) is 33.0. The number of anilines is 6. The summed E-state index contributed by atoms with van der Waals surface area (Å²) in [7, 11) is 0. The van der Waals surface area contributed by atoms with E-state index in [0.29, 0.717) is 0 Å². The first-order valence-corrected chi connectivity index (χ1v) is 33.0. The maximum absolute atomic E-state index is 2.36. The van der Waals surface area contributed by atoms with Crippen molar-refractivity contribution in [2.24, 2.45) is 0 Å². The molecule has 0 aliphatic carbocycles. The molecule has 450 valence electrons. The van der Waals surface area contributed by atoms with Gasteiger partial charge < -0.3 is 9.80 Å². The van der Waals surface area contributed by atoms with Crippen molar-refractivity contribution in [2.45, 2.75) is 0 Å². The van der Waals surface area contributed by atoms with Gasteiger partial charge in [-0.3, -0.25) is 0 Å². The van der Waals surface area contributed by atoms with Gasteiger partial charge in [0.25, 0.3) is 0 Å². The van der Waals surface area contributed by atoms with Crippen LogP contribution in [0.5, 0.6) is 0 Å². The molecule has 0 spiro atoms. The summed E-state index contributed by atoms with van der Waals surface area (Å²) in [6, 6.07) is 133. The van der Waals surface area contributed by atoms with E-state index < -0.39 is 0 Å². The van der Waals surface area contributed by atoms with Crippen LogP contribution in [0.25, 0.3) is 133 Å². The van der Waals surface area contributed by atoms with Crippen molar-refractivity contribution in [1.29, 1.82) is 0 Å². The van der Waals surface area contributed by atoms with E-state index in [1.165, 1.54) is 109 Å². The third-order valence-electron chi connectivity index (χ3n) is 19.1. The van der Waals surface area contributed by atoms with Crippen LogP contribution in [0, 0.1) is 0 Å². The second-order valence-corrected chi connectivity index (χ2v) is 24.7. The van der Waals surface area contributed by atoms with E-state index in [2.05, 4.69) is 398 Å². The lowest BCUT2D eigenvalue weighted by atomic mass is 9.86. The van der Waals surface area contributed by atoms with E-state index in [-0.39, 0.29) is 0 Å². The van der Waals surface area contributed by atoms with Crippen molar-refractivity contribution in [3.63, 3.8) is 0 Å². The monoisotopic (exact) mass is 1220 g/mol. The first-order chi connectivity index (χ1) is 47.6. The Kier molecular flexibility index (Phi) is 15.0. The quantitative estimate of drug-likeness (QED) is 0.0791. The summed E-state index contributed by atoms with van der Waals surface area (Å²) in [5.74, 6) is 0. The molecule has 17 aromatic rings. The summed E-state index contributed by atoms with van der Waals surface area (Å²) in [4.78, 5) is 4.68. The minimum atomic E-state index is 1.09. The van der Waals surface area contributed by atoms with Gasteiger partial charge in [0.15, 0.2) is 0 Å². The molecular formula is C94H64N2. The summed E-state index contributed by atoms with van der Waals surface area (Å²) < 4.78 is 0. The van der Waals surface area contributed by atoms with Crippen LogP contribution in [0.15, 0.2) is 364 Å². The van der Waals surface area contributed by atoms with Gasteiger partial charge in [-0.15, -0.1) is 0 Å². The fourth-order valence-corrected chi connectivity index (χ4v) is 14.3. The molecular weight excluding hydrogens is 1160 g/mol. The fraction of sp³-hybridized carbons (Fsp3) is 0. The first kappa shape index (κ1) is 57.3. The number of hydrogen-bond acceptors (Lipinski definition) is 2. The Hall–Kier alpha value is -12.6. The average molecular weight is 1220 g/mol. The molecule has 0 fully saturated rings. The van der Waals surface area contributed by atoms with Gasteiger partial charge in [-0.1, -0.05) is 315 Å². The molecule has 0 atom stereocenters. The summed E-state index contributed by atoms with van der Waals surface area (Å²) in [5.41, 5.74) is 20.7. The molecule has 0 radical (unpaired) electrons. The number of fused-ring (bicyclic) bond motifs is 10. The molecule has 0 heterocycles. The summed E-state index contributed by atoms with van der Waals surface area (Å²) in [5, 5.41) is 14.9. The Morgan fingerprint density at radius 2 is 0.417 bits per heavy atom. The van der Waals surface area contributed by atoms with Crippen LogP contribution in [-0.2, 0) is 0 Å². The molecule has 0 aromatic heterocycles. The van der Waals surface area contributed by atoms with Gasteiger partial charge in [0, 0.05) is 34.1 Å². The second kappa shape index (κ2) is 25.1. The van der Waals surface area contributed by atoms with Gasteiger partial charge in [0.2, 0.25) is 0 Å². The summed E-state index contributed by atoms with van der Waals surface area (Å²) >= 11 is 0. The molecule has 0 unspecified atom stereocenters. The minimum absolute atomic E-state index is 1.09. The number of benzene rings is 17. The Bertz CT molecular complexity index is 5750. The Balaban J connectivity index is 0.736. The Labute approximate surface area is 560 Å². The van der Waals surface area contributed by atoms with Crippen molar-refractivity contribution < 1.29 is 0 Å². The SMILES string of the molecule is C(=C\c1ccc(N(c2ccccc2)c2ccc(-c3ccc(-c4ccc(-c5ccc(-c6ccc(N(c7ccccc7)c7ccc(/C=C/c8ccccc8)cc7)cc6)c6c5ccc5c7ccccc7ccc56)cc4)c4c3ccc3c5ccccc5ccc34)cc2)cc1)/c1ccccc1. The molecule has 0 aliphatic heterocycles. The number of nitrogens with zero attached hydrogens (tertiary/aromatic N) is 2. The largest absolute Gasteiger partial charge is 0.311 e. The lowest BCUT2D eigenvalue weighted by Crippen LogP contribution is -2.09. The van der Waals surface area contributed by atoms with E-state index in [0.717, 1.165) is 56.4 Å². The molecule has 17 aromatic carbocycles. The van der Waals surface area contributed by atoms with E-state index in [4.69, 9.17) is 0 Å². The highest BCUT2D eigenvalue weighted by Gasteiger charge is 2.20. The summed E-state index contributed by atoms with van der Waals surface area (Å²) in [6.45, 7) is 0. The molecule has 96 heavy (non-hydrogen) atoms. The number of hydrogen-bond donors (Lipinski definition) is 0. The van der Waals surface area contributed by atoms with E-state index in [9.17, 15) is 0 Å². The molecule has 0 aliphatic rings. The van der Waals surface area contributed by atoms with Crippen LogP contribution in [0.3, 0.4) is 0 Å².